The van der Waals surface area contributed by atoms with Crippen molar-refractivity contribution in [3.63, 3.8) is 0 Å². The molecule has 1 aromatic carbocycles. The Morgan fingerprint density at radius 2 is 2.05 bits per heavy atom. The van der Waals surface area contributed by atoms with Gasteiger partial charge in [-0.25, -0.2) is 0 Å². The molecule has 2 rings (SSSR count). The van der Waals surface area contributed by atoms with Crippen molar-refractivity contribution in [2.75, 3.05) is 0 Å². The molecule has 0 aromatic heterocycles. The van der Waals surface area contributed by atoms with Crippen LogP contribution in [0.15, 0.2) is 30.3 Å². The van der Waals surface area contributed by atoms with Gasteiger partial charge in [-0.3, -0.25) is 4.79 Å². The minimum atomic E-state index is 0.0368. The predicted molar refractivity (Wildman–Crippen MR) is 77.7 cm³/mol. The van der Waals surface area contributed by atoms with Gasteiger partial charge < -0.3 is 11.1 Å². The van der Waals surface area contributed by atoms with Crippen LogP contribution in [0.5, 0.6) is 0 Å². The molecule has 1 aliphatic carbocycles. The third-order valence-corrected chi connectivity index (χ3v) is 4.39. The van der Waals surface area contributed by atoms with E-state index in [0.717, 1.165) is 19.3 Å². The van der Waals surface area contributed by atoms with Gasteiger partial charge >= 0.3 is 0 Å². The zero-order valence-corrected chi connectivity index (χ0v) is 11.9. The maximum absolute atomic E-state index is 11.9. The number of carbonyl (C=O) groups is 1. The summed E-state index contributed by atoms with van der Waals surface area (Å²) in [5, 5.41) is 3.10. The van der Waals surface area contributed by atoms with Crippen LogP contribution < -0.4 is 11.1 Å². The fourth-order valence-electron chi connectivity index (χ4n) is 2.57. The van der Waals surface area contributed by atoms with Gasteiger partial charge in [0.15, 0.2) is 0 Å². The molecule has 19 heavy (non-hydrogen) atoms. The van der Waals surface area contributed by atoms with E-state index in [1.807, 2.05) is 18.2 Å². The van der Waals surface area contributed by atoms with Crippen molar-refractivity contribution in [2.45, 2.75) is 51.6 Å². The first-order valence-electron chi connectivity index (χ1n) is 7.09. The Bertz CT molecular complexity index is 428. The third kappa shape index (κ3) is 3.35. The number of amides is 1. The van der Waals surface area contributed by atoms with Gasteiger partial charge in [0.05, 0.1) is 0 Å². The maximum Gasteiger partial charge on any atom is 0.220 e. The molecule has 0 heterocycles. The summed E-state index contributed by atoms with van der Waals surface area (Å²) in [4.78, 5) is 11.9. The van der Waals surface area contributed by atoms with Gasteiger partial charge in [0.1, 0.15) is 0 Å². The highest BCUT2D eigenvalue weighted by molar-refractivity contribution is 5.76. The Morgan fingerprint density at radius 3 is 2.63 bits per heavy atom. The van der Waals surface area contributed by atoms with Gasteiger partial charge in [-0.2, -0.15) is 0 Å². The highest BCUT2D eigenvalue weighted by Crippen LogP contribution is 2.38. The second-order valence-corrected chi connectivity index (χ2v) is 6.12. The van der Waals surface area contributed by atoms with Gasteiger partial charge in [-0.05, 0) is 24.8 Å². The van der Waals surface area contributed by atoms with Gasteiger partial charge in [0.25, 0.3) is 0 Å². The van der Waals surface area contributed by atoms with Crippen molar-refractivity contribution in [1.82, 2.24) is 5.32 Å². The highest BCUT2D eigenvalue weighted by Gasteiger charge is 2.46. The van der Waals surface area contributed by atoms with E-state index >= 15 is 0 Å². The first-order chi connectivity index (χ1) is 9.00. The first-order valence-corrected chi connectivity index (χ1v) is 7.09. The van der Waals surface area contributed by atoms with Crippen molar-refractivity contribution in [1.29, 1.82) is 0 Å². The van der Waals surface area contributed by atoms with Gasteiger partial charge in [0, 0.05) is 23.9 Å². The molecule has 3 heteroatoms. The molecule has 104 valence electrons. The number of benzene rings is 1. The fourth-order valence-corrected chi connectivity index (χ4v) is 2.57. The molecule has 3 N–H and O–H groups in total. The zero-order valence-electron chi connectivity index (χ0n) is 11.9. The molecule has 1 fully saturated rings. The SMILES string of the molecule is CC1(C)C(N)CC1NC(=O)CCCc1ccccc1. The number of nitrogens with one attached hydrogen (secondary N) is 1. The Balaban J connectivity index is 1.68. The molecule has 2 atom stereocenters. The minimum Gasteiger partial charge on any atom is -0.353 e. The summed E-state index contributed by atoms with van der Waals surface area (Å²) < 4.78 is 0. The third-order valence-electron chi connectivity index (χ3n) is 4.39. The Kier molecular flexibility index (Phi) is 4.25. The number of hydrogen-bond acceptors (Lipinski definition) is 2. The molecule has 0 bridgehead atoms. The summed E-state index contributed by atoms with van der Waals surface area (Å²) in [5.41, 5.74) is 7.28. The standard InChI is InChI=1S/C16H24N2O/c1-16(2)13(17)11-14(16)18-15(19)10-6-9-12-7-4-3-5-8-12/h3-5,7-8,13-14H,6,9-11,17H2,1-2H3,(H,18,19). The maximum atomic E-state index is 11.9. The Labute approximate surface area is 115 Å². The van der Waals surface area contributed by atoms with Gasteiger partial charge in [-0.15, -0.1) is 0 Å². The predicted octanol–water partition coefficient (Wildman–Crippen LogP) is 2.25. The number of hydrogen-bond donors (Lipinski definition) is 2. The minimum absolute atomic E-state index is 0.0368. The summed E-state index contributed by atoms with van der Waals surface area (Å²) in [5.74, 6) is 0.154. The van der Waals surface area contributed by atoms with Crippen molar-refractivity contribution >= 4 is 5.91 Å². The van der Waals surface area contributed by atoms with Crippen LogP contribution in [-0.2, 0) is 11.2 Å². The normalized spacial score (nSPS) is 24.6. The van der Waals surface area contributed by atoms with Crippen LogP contribution >= 0.6 is 0 Å². The number of carbonyl (C=O) groups excluding carboxylic acids is 1. The second kappa shape index (κ2) is 5.74. The molecule has 1 saturated carbocycles. The molecule has 2 unspecified atom stereocenters. The van der Waals surface area contributed by atoms with Crippen molar-refractivity contribution in [3.05, 3.63) is 35.9 Å². The Morgan fingerprint density at radius 1 is 1.37 bits per heavy atom. The van der Waals surface area contributed by atoms with E-state index in [9.17, 15) is 4.79 Å². The van der Waals surface area contributed by atoms with Crippen LogP contribution in [0.4, 0.5) is 0 Å². The molecule has 0 saturated heterocycles. The summed E-state index contributed by atoms with van der Waals surface area (Å²) in [6.07, 6.45) is 3.35. The van der Waals surface area contributed by atoms with Crippen LogP contribution in [0.3, 0.4) is 0 Å². The van der Waals surface area contributed by atoms with Crippen LogP contribution in [0.1, 0.15) is 38.7 Å². The lowest BCUT2D eigenvalue weighted by atomic mass is 9.63. The quantitative estimate of drug-likeness (QED) is 0.853. The van der Waals surface area contributed by atoms with Gasteiger partial charge in [-0.1, -0.05) is 44.2 Å². The monoisotopic (exact) mass is 260 g/mol. The molecular weight excluding hydrogens is 236 g/mol. The van der Waals surface area contributed by atoms with Crippen LogP contribution in [-0.4, -0.2) is 18.0 Å². The topological polar surface area (TPSA) is 55.1 Å². The first kappa shape index (κ1) is 14.1. The highest BCUT2D eigenvalue weighted by atomic mass is 16.1. The van der Waals surface area contributed by atoms with E-state index in [1.165, 1.54) is 5.56 Å². The van der Waals surface area contributed by atoms with Crippen molar-refractivity contribution in [3.8, 4) is 0 Å². The van der Waals surface area contributed by atoms with E-state index in [0.29, 0.717) is 6.42 Å². The summed E-state index contributed by atoms with van der Waals surface area (Å²) in [6.45, 7) is 4.24. The summed E-state index contributed by atoms with van der Waals surface area (Å²) >= 11 is 0. The largest absolute Gasteiger partial charge is 0.353 e. The molecular formula is C16H24N2O. The van der Waals surface area contributed by atoms with Crippen molar-refractivity contribution < 1.29 is 4.79 Å². The van der Waals surface area contributed by atoms with E-state index in [-0.39, 0.29) is 23.4 Å². The van der Waals surface area contributed by atoms with Crippen LogP contribution in [0.25, 0.3) is 0 Å². The lowest BCUT2D eigenvalue weighted by molar-refractivity contribution is -0.124. The molecule has 1 aliphatic rings. The van der Waals surface area contributed by atoms with E-state index < -0.39 is 0 Å². The molecule has 3 nitrogen and oxygen atoms in total. The van der Waals surface area contributed by atoms with Gasteiger partial charge in [0.2, 0.25) is 5.91 Å². The average Bonchev–Trinajstić information content (AvgIpc) is 2.39. The number of rotatable bonds is 5. The molecule has 0 spiro atoms. The van der Waals surface area contributed by atoms with Crippen molar-refractivity contribution in [2.24, 2.45) is 11.1 Å². The number of nitrogens with two attached hydrogens (primary N) is 1. The zero-order chi connectivity index (χ0) is 13.9. The summed E-state index contributed by atoms with van der Waals surface area (Å²) in [7, 11) is 0. The van der Waals surface area contributed by atoms with E-state index in [1.54, 1.807) is 0 Å². The molecule has 1 aromatic rings. The fraction of sp³-hybridized carbons (Fsp3) is 0.562. The van der Waals surface area contributed by atoms with E-state index in [4.69, 9.17) is 5.73 Å². The number of aryl methyl sites for hydroxylation is 1. The molecule has 0 radical (unpaired) electrons. The second-order valence-electron chi connectivity index (χ2n) is 6.12. The molecule has 1 amide bonds. The van der Waals surface area contributed by atoms with Crippen LogP contribution in [0.2, 0.25) is 0 Å². The lowest BCUT2D eigenvalue weighted by Crippen LogP contribution is -2.64. The smallest absolute Gasteiger partial charge is 0.220 e. The summed E-state index contributed by atoms with van der Waals surface area (Å²) in [6, 6.07) is 10.7. The Hall–Kier alpha value is -1.35. The van der Waals surface area contributed by atoms with Crippen LogP contribution in [0, 0.1) is 5.41 Å². The average molecular weight is 260 g/mol. The van der Waals surface area contributed by atoms with E-state index in [2.05, 4.69) is 31.3 Å². The molecule has 0 aliphatic heterocycles. The lowest BCUT2D eigenvalue weighted by Gasteiger charge is -2.50.